The van der Waals surface area contributed by atoms with Gasteiger partial charge in [-0.25, -0.2) is 4.99 Å². The van der Waals surface area contributed by atoms with Gasteiger partial charge in [0.25, 0.3) is 5.91 Å². The number of nitrogens with zero attached hydrogens (tertiary/aromatic N) is 1. The fraction of sp³-hybridized carbons (Fsp3) is 0.478. The molecule has 1 aliphatic carbocycles. The van der Waals surface area contributed by atoms with Gasteiger partial charge in [0.1, 0.15) is 11.4 Å². The summed E-state index contributed by atoms with van der Waals surface area (Å²) in [5.74, 6) is 1.30. The molecule has 0 spiro atoms. The number of aliphatic imine (C=N–C) groups is 1. The monoisotopic (exact) mass is 572 g/mol. The van der Waals surface area contributed by atoms with Crippen LogP contribution in [0.25, 0.3) is 0 Å². The van der Waals surface area contributed by atoms with Crippen molar-refractivity contribution in [2.45, 2.75) is 44.8 Å². The molecule has 1 aromatic carbocycles. The SMILES string of the molecule is CCNC(=NCC(C)(O)c1ccsc1)NCCc1ccc(OCC(=O)NC2CC2)cc1.I. The van der Waals surface area contributed by atoms with Gasteiger partial charge in [-0.05, 0) is 73.2 Å². The zero-order chi connectivity index (χ0) is 22.1. The predicted molar refractivity (Wildman–Crippen MR) is 140 cm³/mol. The van der Waals surface area contributed by atoms with Crippen LogP contribution in [0.5, 0.6) is 5.75 Å². The molecule has 176 valence electrons. The van der Waals surface area contributed by atoms with E-state index in [-0.39, 0.29) is 43.0 Å². The van der Waals surface area contributed by atoms with E-state index in [0.29, 0.717) is 24.3 Å². The van der Waals surface area contributed by atoms with Crippen LogP contribution in [0.15, 0.2) is 46.1 Å². The Labute approximate surface area is 211 Å². The number of amides is 1. The van der Waals surface area contributed by atoms with Crippen molar-refractivity contribution in [1.29, 1.82) is 0 Å². The minimum absolute atomic E-state index is 0. The first-order valence-corrected chi connectivity index (χ1v) is 11.7. The van der Waals surface area contributed by atoms with E-state index in [9.17, 15) is 9.90 Å². The molecule has 0 aliphatic heterocycles. The van der Waals surface area contributed by atoms with Crippen LogP contribution in [0, 0.1) is 0 Å². The van der Waals surface area contributed by atoms with Gasteiger partial charge in [-0.1, -0.05) is 12.1 Å². The summed E-state index contributed by atoms with van der Waals surface area (Å²) in [4.78, 5) is 16.2. The van der Waals surface area contributed by atoms with Gasteiger partial charge in [-0.3, -0.25) is 4.79 Å². The van der Waals surface area contributed by atoms with Gasteiger partial charge in [-0.15, -0.1) is 24.0 Å². The van der Waals surface area contributed by atoms with Crippen molar-refractivity contribution in [2.75, 3.05) is 26.2 Å². The molecule has 1 saturated carbocycles. The fourth-order valence-electron chi connectivity index (χ4n) is 2.96. The third-order valence-electron chi connectivity index (χ3n) is 4.97. The Morgan fingerprint density at radius 3 is 2.62 bits per heavy atom. The van der Waals surface area contributed by atoms with Crippen molar-refractivity contribution in [3.63, 3.8) is 0 Å². The number of carbonyl (C=O) groups excluding carboxylic acids is 1. The van der Waals surface area contributed by atoms with Crippen LogP contribution in [-0.4, -0.2) is 49.3 Å². The lowest BCUT2D eigenvalue weighted by Gasteiger charge is -2.21. The van der Waals surface area contributed by atoms with Crippen molar-refractivity contribution in [3.05, 3.63) is 52.2 Å². The molecular formula is C23H33IN4O3S. The number of nitrogens with one attached hydrogen (secondary N) is 3. The molecule has 0 bridgehead atoms. The predicted octanol–water partition coefficient (Wildman–Crippen LogP) is 3.03. The average molecular weight is 573 g/mol. The summed E-state index contributed by atoms with van der Waals surface area (Å²) < 4.78 is 5.54. The molecule has 1 heterocycles. The Morgan fingerprint density at radius 1 is 1.25 bits per heavy atom. The maximum absolute atomic E-state index is 11.7. The number of guanidine groups is 1. The van der Waals surface area contributed by atoms with Crippen LogP contribution in [-0.2, 0) is 16.8 Å². The average Bonchev–Trinajstić information content (AvgIpc) is 3.38. The number of hydrogen-bond donors (Lipinski definition) is 4. The molecule has 3 rings (SSSR count). The molecule has 9 heteroatoms. The van der Waals surface area contributed by atoms with Gasteiger partial charge in [-0.2, -0.15) is 11.3 Å². The summed E-state index contributed by atoms with van der Waals surface area (Å²) in [6, 6.07) is 10.0. The second kappa shape index (κ2) is 13.0. The van der Waals surface area contributed by atoms with E-state index in [0.717, 1.165) is 36.9 Å². The largest absolute Gasteiger partial charge is 0.484 e. The summed E-state index contributed by atoms with van der Waals surface area (Å²) >= 11 is 1.56. The number of rotatable bonds is 11. The van der Waals surface area contributed by atoms with E-state index >= 15 is 0 Å². The topological polar surface area (TPSA) is 95.0 Å². The van der Waals surface area contributed by atoms with Gasteiger partial charge in [0, 0.05) is 19.1 Å². The summed E-state index contributed by atoms with van der Waals surface area (Å²) in [6.45, 7) is 5.57. The number of carbonyl (C=O) groups is 1. The van der Waals surface area contributed by atoms with E-state index in [1.54, 1.807) is 18.3 Å². The lowest BCUT2D eigenvalue weighted by molar-refractivity contribution is -0.123. The fourth-order valence-corrected chi connectivity index (χ4v) is 3.74. The van der Waals surface area contributed by atoms with Gasteiger partial charge >= 0.3 is 0 Å². The van der Waals surface area contributed by atoms with E-state index in [1.807, 2.05) is 48.0 Å². The van der Waals surface area contributed by atoms with Gasteiger partial charge in [0.15, 0.2) is 12.6 Å². The van der Waals surface area contributed by atoms with Gasteiger partial charge in [0.2, 0.25) is 0 Å². The molecule has 4 N–H and O–H groups in total. The van der Waals surface area contributed by atoms with Crippen LogP contribution in [0.2, 0.25) is 0 Å². The molecule has 0 radical (unpaired) electrons. The second-order valence-electron chi connectivity index (χ2n) is 7.93. The first-order chi connectivity index (χ1) is 15.0. The van der Waals surface area contributed by atoms with Crippen molar-refractivity contribution >= 4 is 47.2 Å². The number of thiophene rings is 1. The quantitative estimate of drug-likeness (QED) is 0.189. The van der Waals surface area contributed by atoms with Crippen LogP contribution >= 0.6 is 35.3 Å². The number of benzene rings is 1. The maximum atomic E-state index is 11.7. The van der Waals surface area contributed by atoms with Crippen LogP contribution in [0.3, 0.4) is 0 Å². The Hall–Kier alpha value is -1.85. The first kappa shape index (κ1) is 26.4. The minimum atomic E-state index is -0.992. The summed E-state index contributed by atoms with van der Waals surface area (Å²) in [7, 11) is 0. The Morgan fingerprint density at radius 2 is 2.00 bits per heavy atom. The highest BCUT2D eigenvalue weighted by molar-refractivity contribution is 14.0. The molecule has 1 atom stereocenters. The van der Waals surface area contributed by atoms with E-state index in [2.05, 4.69) is 20.9 Å². The molecule has 1 aliphatic rings. The Bertz CT molecular complexity index is 853. The van der Waals surface area contributed by atoms with Crippen molar-refractivity contribution in [1.82, 2.24) is 16.0 Å². The van der Waals surface area contributed by atoms with E-state index in [4.69, 9.17) is 4.74 Å². The maximum Gasteiger partial charge on any atom is 0.258 e. The Balaban J connectivity index is 0.00000363. The summed E-state index contributed by atoms with van der Waals surface area (Å²) in [6.07, 6.45) is 2.96. The third kappa shape index (κ3) is 8.95. The third-order valence-corrected chi connectivity index (χ3v) is 5.66. The molecule has 1 fully saturated rings. The standard InChI is InChI=1S/C23H32N4O3S.HI/c1-3-24-22(26-16-23(2,29)18-11-13-31-15-18)25-12-10-17-4-8-20(9-5-17)30-14-21(28)27-19-6-7-19;/h4-5,8-9,11,13,15,19,29H,3,6-7,10,12,14,16H2,1-2H3,(H,27,28)(H2,24,25,26);1H. The zero-order valence-electron chi connectivity index (χ0n) is 18.6. The molecule has 7 nitrogen and oxygen atoms in total. The molecule has 1 amide bonds. The normalized spacial score (nSPS) is 15.3. The van der Waals surface area contributed by atoms with E-state index in [1.165, 1.54) is 0 Å². The molecule has 2 aromatic rings. The highest BCUT2D eigenvalue weighted by Gasteiger charge is 2.24. The summed E-state index contributed by atoms with van der Waals surface area (Å²) in [5.41, 5.74) is 1.04. The second-order valence-corrected chi connectivity index (χ2v) is 8.71. The van der Waals surface area contributed by atoms with Crippen molar-refractivity contribution < 1.29 is 14.6 Å². The number of ether oxygens (including phenoxy) is 1. The Kier molecular flexibility index (Phi) is 10.7. The summed E-state index contributed by atoms with van der Waals surface area (Å²) in [5, 5.41) is 24.0. The molecule has 1 aromatic heterocycles. The zero-order valence-corrected chi connectivity index (χ0v) is 21.7. The van der Waals surface area contributed by atoms with Crippen LogP contribution in [0.4, 0.5) is 0 Å². The lowest BCUT2D eigenvalue weighted by atomic mass is 10.00. The minimum Gasteiger partial charge on any atom is -0.484 e. The molecule has 32 heavy (non-hydrogen) atoms. The van der Waals surface area contributed by atoms with Crippen LogP contribution < -0.4 is 20.7 Å². The molecule has 1 unspecified atom stereocenters. The van der Waals surface area contributed by atoms with Crippen LogP contribution in [0.1, 0.15) is 37.8 Å². The number of aliphatic hydroxyl groups is 1. The van der Waals surface area contributed by atoms with Gasteiger partial charge in [0.05, 0.1) is 6.54 Å². The van der Waals surface area contributed by atoms with Crippen molar-refractivity contribution in [3.8, 4) is 5.75 Å². The van der Waals surface area contributed by atoms with Gasteiger partial charge < -0.3 is 25.8 Å². The molecular weight excluding hydrogens is 539 g/mol. The highest BCUT2D eigenvalue weighted by atomic mass is 127. The first-order valence-electron chi connectivity index (χ1n) is 10.7. The van der Waals surface area contributed by atoms with Crippen molar-refractivity contribution in [2.24, 2.45) is 4.99 Å². The highest BCUT2D eigenvalue weighted by Crippen LogP contribution is 2.23. The number of hydrogen-bond acceptors (Lipinski definition) is 5. The smallest absolute Gasteiger partial charge is 0.258 e. The molecule has 0 saturated heterocycles. The number of halogens is 1. The lowest BCUT2D eigenvalue weighted by Crippen LogP contribution is -2.39. The van der Waals surface area contributed by atoms with E-state index < -0.39 is 5.60 Å².